The molecule has 2 N–H and O–H groups in total. The van der Waals surface area contributed by atoms with Crippen LogP contribution in [0.2, 0.25) is 0 Å². The highest BCUT2D eigenvalue weighted by atomic mass is 16.5. The van der Waals surface area contributed by atoms with Crippen LogP contribution in [0.5, 0.6) is 5.75 Å². The van der Waals surface area contributed by atoms with Gasteiger partial charge in [-0.3, -0.25) is 0 Å². The minimum Gasteiger partial charge on any atom is -0.495 e. The molecule has 1 fully saturated rings. The molecule has 17 heavy (non-hydrogen) atoms. The van der Waals surface area contributed by atoms with E-state index in [1.54, 1.807) is 7.11 Å². The van der Waals surface area contributed by atoms with Crippen molar-refractivity contribution in [3.63, 3.8) is 0 Å². The fraction of sp³-hybridized carbons (Fsp3) is 0.538. The first-order valence-corrected chi connectivity index (χ1v) is 6.05. The van der Waals surface area contributed by atoms with Gasteiger partial charge in [0.05, 0.1) is 26.0 Å². The number of anilines is 2. The summed E-state index contributed by atoms with van der Waals surface area (Å²) in [5.41, 5.74) is 9.14. The second-order valence-electron chi connectivity index (χ2n) is 4.18. The lowest BCUT2D eigenvalue weighted by molar-refractivity contribution is 0.122. The molecule has 0 unspecified atom stereocenters. The molecule has 0 bridgehead atoms. The van der Waals surface area contributed by atoms with Crippen LogP contribution in [0.15, 0.2) is 12.1 Å². The number of nitrogens with two attached hydrogens (primary N) is 1. The van der Waals surface area contributed by atoms with E-state index in [1.165, 1.54) is 11.3 Å². The second-order valence-corrected chi connectivity index (χ2v) is 4.18. The molecular formula is C13H20N2O2. The number of nitrogens with zero attached hydrogens (tertiary/aromatic N) is 1. The molecule has 0 spiro atoms. The highest BCUT2D eigenvalue weighted by Crippen LogP contribution is 2.32. The highest BCUT2D eigenvalue weighted by Gasteiger charge is 2.16. The minimum atomic E-state index is 0.710. The Morgan fingerprint density at radius 3 is 2.65 bits per heavy atom. The van der Waals surface area contributed by atoms with E-state index in [-0.39, 0.29) is 0 Å². The Bertz CT molecular complexity index is 387. The van der Waals surface area contributed by atoms with Gasteiger partial charge in [0.2, 0.25) is 0 Å². The fourth-order valence-corrected chi connectivity index (χ4v) is 2.19. The lowest BCUT2D eigenvalue weighted by Crippen LogP contribution is -2.36. The van der Waals surface area contributed by atoms with Crippen molar-refractivity contribution in [2.24, 2.45) is 0 Å². The highest BCUT2D eigenvalue weighted by molar-refractivity contribution is 5.67. The summed E-state index contributed by atoms with van der Waals surface area (Å²) >= 11 is 0. The first-order chi connectivity index (χ1) is 8.26. The first kappa shape index (κ1) is 12.0. The Morgan fingerprint density at radius 2 is 2.06 bits per heavy atom. The first-order valence-electron chi connectivity index (χ1n) is 6.05. The number of morpholine rings is 1. The molecule has 1 aromatic rings. The molecule has 4 heteroatoms. The van der Waals surface area contributed by atoms with Crippen LogP contribution < -0.4 is 15.4 Å². The predicted octanol–water partition coefficient (Wildman–Crippen LogP) is 1.68. The van der Waals surface area contributed by atoms with Gasteiger partial charge in [-0.05, 0) is 18.1 Å². The number of rotatable bonds is 3. The predicted molar refractivity (Wildman–Crippen MR) is 69.8 cm³/mol. The van der Waals surface area contributed by atoms with Gasteiger partial charge >= 0.3 is 0 Å². The minimum absolute atomic E-state index is 0.710. The van der Waals surface area contributed by atoms with Gasteiger partial charge in [-0.1, -0.05) is 6.92 Å². The molecule has 0 saturated carbocycles. The Kier molecular flexibility index (Phi) is 3.74. The Hall–Kier alpha value is -1.42. The summed E-state index contributed by atoms with van der Waals surface area (Å²) in [4.78, 5) is 2.34. The second kappa shape index (κ2) is 5.27. The zero-order chi connectivity index (χ0) is 12.3. The van der Waals surface area contributed by atoms with E-state index in [9.17, 15) is 0 Å². The van der Waals surface area contributed by atoms with Crippen LogP contribution in [0.1, 0.15) is 12.5 Å². The number of hydrogen-bond donors (Lipinski definition) is 1. The van der Waals surface area contributed by atoms with Crippen LogP contribution in [0.25, 0.3) is 0 Å². The van der Waals surface area contributed by atoms with Crippen LogP contribution in [0.4, 0.5) is 11.4 Å². The third-order valence-corrected chi connectivity index (χ3v) is 3.16. The summed E-state index contributed by atoms with van der Waals surface area (Å²) in [7, 11) is 1.65. The van der Waals surface area contributed by atoms with Gasteiger partial charge < -0.3 is 20.1 Å². The monoisotopic (exact) mass is 236 g/mol. The van der Waals surface area contributed by atoms with Gasteiger partial charge in [-0.2, -0.15) is 0 Å². The summed E-state index contributed by atoms with van der Waals surface area (Å²) in [6.07, 6.45) is 0.973. The Labute approximate surface area is 102 Å². The molecule has 1 aliphatic rings. The number of aryl methyl sites for hydroxylation is 1. The molecule has 1 heterocycles. The largest absolute Gasteiger partial charge is 0.495 e. The molecule has 1 saturated heterocycles. The van der Waals surface area contributed by atoms with E-state index < -0.39 is 0 Å². The molecule has 0 radical (unpaired) electrons. The SMILES string of the molecule is CCc1cc(N)c(OC)cc1N1CCOCC1. The number of methoxy groups -OCH3 is 1. The summed E-state index contributed by atoms with van der Waals surface area (Å²) in [5, 5.41) is 0. The number of ether oxygens (including phenoxy) is 2. The zero-order valence-corrected chi connectivity index (χ0v) is 10.5. The smallest absolute Gasteiger partial charge is 0.143 e. The number of nitrogen functional groups attached to an aromatic ring is 1. The number of hydrogen-bond acceptors (Lipinski definition) is 4. The van der Waals surface area contributed by atoms with E-state index in [0.29, 0.717) is 5.69 Å². The van der Waals surface area contributed by atoms with Gasteiger partial charge in [0.15, 0.2) is 0 Å². The Balaban J connectivity index is 2.35. The van der Waals surface area contributed by atoms with Crippen molar-refractivity contribution < 1.29 is 9.47 Å². The van der Waals surface area contributed by atoms with Crippen molar-refractivity contribution in [3.8, 4) is 5.75 Å². The van der Waals surface area contributed by atoms with Gasteiger partial charge in [0.25, 0.3) is 0 Å². The molecule has 0 amide bonds. The van der Waals surface area contributed by atoms with Crippen LogP contribution in [0.3, 0.4) is 0 Å². The lowest BCUT2D eigenvalue weighted by Gasteiger charge is -2.31. The standard InChI is InChI=1S/C13H20N2O2/c1-3-10-8-11(14)13(16-2)9-12(10)15-4-6-17-7-5-15/h8-9H,3-7,14H2,1-2H3. The van der Waals surface area contributed by atoms with Crippen LogP contribution >= 0.6 is 0 Å². The normalized spacial score (nSPS) is 16.0. The van der Waals surface area contributed by atoms with Crippen molar-refractivity contribution in [3.05, 3.63) is 17.7 Å². The molecule has 0 atom stereocenters. The van der Waals surface area contributed by atoms with E-state index in [2.05, 4.69) is 11.8 Å². The molecule has 1 aromatic carbocycles. The van der Waals surface area contributed by atoms with Crippen molar-refractivity contribution in [1.82, 2.24) is 0 Å². The van der Waals surface area contributed by atoms with Gasteiger partial charge in [0, 0.05) is 24.8 Å². The van der Waals surface area contributed by atoms with Crippen molar-refractivity contribution in [2.75, 3.05) is 44.0 Å². The van der Waals surface area contributed by atoms with Gasteiger partial charge in [0.1, 0.15) is 5.75 Å². The van der Waals surface area contributed by atoms with Crippen molar-refractivity contribution in [1.29, 1.82) is 0 Å². The molecular weight excluding hydrogens is 216 g/mol. The summed E-state index contributed by atoms with van der Waals surface area (Å²) in [6.45, 7) is 5.58. The molecule has 2 rings (SSSR count). The van der Waals surface area contributed by atoms with Gasteiger partial charge in [-0.15, -0.1) is 0 Å². The maximum atomic E-state index is 5.94. The average molecular weight is 236 g/mol. The zero-order valence-electron chi connectivity index (χ0n) is 10.5. The van der Waals surface area contributed by atoms with Crippen LogP contribution in [-0.4, -0.2) is 33.4 Å². The van der Waals surface area contributed by atoms with Crippen LogP contribution in [-0.2, 0) is 11.2 Å². The molecule has 1 aliphatic heterocycles. The number of benzene rings is 1. The van der Waals surface area contributed by atoms with Crippen molar-refractivity contribution >= 4 is 11.4 Å². The average Bonchev–Trinajstić information content (AvgIpc) is 2.39. The van der Waals surface area contributed by atoms with Crippen molar-refractivity contribution in [2.45, 2.75) is 13.3 Å². The van der Waals surface area contributed by atoms with E-state index >= 15 is 0 Å². The summed E-state index contributed by atoms with van der Waals surface area (Å²) in [5.74, 6) is 0.753. The summed E-state index contributed by atoms with van der Waals surface area (Å²) in [6, 6.07) is 4.06. The van der Waals surface area contributed by atoms with E-state index in [1.807, 2.05) is 12.1 Å². The molecule has 0 aliphatic carbocycles. The topological polar surface area (TPSA) is 47.7 Å². The molecule has 0 aromatic heterocycles. The third kappa shape index (κ3) is 2.47. The van der Waals surface area contributed by atoms with E-state index in [4.69, 9.17) is 15.2 Å². The summed E-state index contributed by atoms with van der Waals surface area (Å²) < 4.78 is 10.7. The van der Waals surface area contributed by atoms with E-state index in [0.717, 1.165) is 38.5 Å². The fourth-order valence-electron chi connectivity index (χ4n) is 2.19. The quantitative estimate of drug-likeness (QED) is 0.811. The maximum absolute atomic E-state index is 5.94. The van der Waals surface area contributed by atoms with Crippen LogP contribution in [0, 0.1) is 0 Å². The Morgan fingerprint density at radius 1 is 1.35 bits per heavy atom. The van der Waals surface area contributed by atoms with Gasteiger partial charge in [-0.25, -0.2) is 0 Å². The maximum Gasteiger partial charge on any atom is 0.143 e. The lowest BCUT2D eigenvalue weighted by atomic mass is 10.1. The third-order valence-electron chi connectivity index (χ3n) is 3.16. The molecule has 94 valence electrons. The molecule has 4 nitrogen and oxygen atoms in total.